The van der Waals surface area contributed by atoms with Crippen LogP contribution in [0.2, 0.25) is 5.02 Å². The first-order valence-electron chi connectivity index (χ1n) is 5.45. The van der Waals surface area contributed by atoms with E-state index in [1.807, 2.05) is 13.0 Å². The molecular weight excluding hydrogens is 255 g/mol. The van der Waals surface area contributed by atoms with Crippen LogP contribution >= 0.6 is 11.6 Å². The molecule has 18 heavy (non-hydrogen) atoms. The first-order valence-corrected chi connectivity index (χ1v) is 5.83. The van der Waals surface area contributed by atoms with Gasteiger partial charge in [-0.2, -0.15) is 5.10 Å². The summed E-state index contributed by atoms with van der Waals surface area (Å²) in [7, 11) is 1.77. The number of aryl methyl sites for hydroxylation is 2. The Bertz CT molecular complexity index is 607. The van der Waals surface area contributed by atoms with Crippen LogP contribution in [0.4, 0.5) is 4.39 Å². The van der Waals surface area contributed by atoms with Crippen LogP contribution in [0.3, 0.4) is 0 Å². The number of benzene rings is 1. The SMILES string of the molecule is Cc1cc(CC(=O)c2cccc(F)c2Cl)n(C)n1. The number of carbonyl (C=O) groups excluding carboxylic acids is 1. The fourth-order valence-electron chi connectivity index (χ4n) is 1.81. The van der Waals surface area contributed by atoms with Crippen molar-refractivity contribution in [2.75, 3.05) is 0 Å². The monoisotopic (exact) mass is 266 g/mol. The molecule has 0 atom stereocenters. The van der Waals surface area contributed by atoms with E-state index in [1.165, 1.54) is 18.2 Å². The average molecular weight is 267 g/mol. The maximum Gasteiger partial charge on any atom is 0.170 e. The van der Waals surface area contributed by atoms with Crippen molar-refractivity contribution in [2.45, 2.75) is 13.3 Å². The normalized spacial score (nSPS) is 10.7. The van der Waals surface area contributed by atoms with Gasteiger partial charge >= 0.3 is 0 Å². The van der Waals surface area contributed by atoms with Gasteiger partial charge in [0.1, 0.15) is 5.82 Å². The highest BCUT2D eigenvalue weighted by Gasteiger charge is 2.15. The highest BCUT2D eigenvalue weighted by molar-refractivity contribution is 6.34. The molecule has 0 fully saturated rings. The van der Waals surface area contributed by atoms with Gasteiger partial charge in [0.05, 0.1) is 17.1 Å². The molecule has 0 aliphatic heterocycles. The van der Waals surface area contributed by atoms with Crippen LogP contribution in [-0.2, 0) is 13.5 Å². The maximum atomic E-state index is 13.3. The van der Waals surface area contributed by atoms with E-state index in [0.717, 1.165) is 11.4 Å². The highest BCUT2D eigenvalue weighted by atomic mass is 35.5. The average Bonchev–Trinajstić information content (AvgIpc) is 2.61. The van der Waals surface area contributed by atoms with Crippen LogP contribution in [-0.4, -0.2) is 15.6 Å². The Hall–Kier alpha value is -1.68. The minimum absolute atomic E-state index is 0.124. The third kappa shape index (κ3) is 2.43. The minimum atomic E-state index is -0.580. The second kappa shape index (κ2) is 4.90. The molecule has 1 aromatic carbocycles. The van der Waals surface area contributed by atoms with Crippen molar-refractivity contribution in [3.63, 3.8) is 0 Å². The summed E-state index contributed by atoms with van der Waals surface area (Å²) in [6, 6.07) is 6.05. The number of rotatable bonds is 3. The fourth-order valence-corrected chi connectivity index (χ4v) is 2.04. The van der Waals surface area contributed by atoms with E-state index < -0.39 is 5.82 Å². The van der Waals surface area contributed by atoms with Crippen LogP contribution in [0, 0.1) is 12.7 Å². The van der Waals surface area contributed by atoms with Crippen LogP contribution in [0.25, 0.3) is 0 Å². The fraction of sp³-hybridized carbons (Fsp3) is 0.231. The molecule has 0 N–H and O–H groups in total. The summed E-state index contributed by atoms with van der Waals surface area (Å²) < 4.78 is 14.9. The third-order valence-corrected chi connectivity index (χ3v) is 3.08. The molecule has 0 aliphatic carbocycles. The molecule has 0 spiro atoms. The molecule has 0 aliphatic rings. The topological polar surface area (TPSA) is 34.9 Å². The van der Waals surface area contributed by atoms with Crippen molar-refractivity contribution in [1.29, 1.82) is 0 Å². The van der Waals surface area contributed by atoms with Crippen LogP contribution in [0.15, 0.2) is 24.3 Å². The molecule has 5 heteroatoms. The predicted octanol–water partition coefficient (Wildman–Crippen LogP) is 2.95. The summed E-state index contributed by atoms with van der Waals surface area (Å²) in [5.41, 5.74) is 1.82. The number of nitrogens with zero attached hydrogens (tertiary/aromatic N) is 2. The van der Waals surface area contributed by atoms with E-state index in [4.69, 9.17) is 11.6 Å². The summed E-state index contributed by atoms with van der Waals surface area (Å²) in [5, 5.41) is 4.03. The van der Waals surface area contributed by atoms with Gasteiger partial charge in [-0.25, -0.2) is 4.39 Å². The molecule has 0 amide bonds. The molecule has 94 valence electrons. The van der Waals surface area contributed by atoms with Crippen LogP contribution < -0.4 is 0 Å². The van der Waals surface area contributed by atoms with E-state index in [-0.39, 0.29) is 22.8 Å². The molecule has 2 aromatic rings. The first-order chi connectivity index (χ1) is 8.49. The summed E-state index contributed by atoms with van der Waals surface area (Å²) in [6.45, 7) is 1.85. The minimum Gasteiger partial charge on any atom is -0.294 e. The molecule has 1 heterocycles. The van der Waals surface area contributed by atoms with Gasteiger partial charge in [0, 0.05) is 18.3 Å². The van der Waals surface area contributed by atoms with Crippen LogP contribution in [0.5, 0.6) is 0 Å². The van der Waals surface area contributed by atoms with Gasteiger partial charge in [0.2, 0.25) is 0 Å². The van der Waals surface area contributed by atoms with Crippen molar-refractivity contribution in [3.05, 3.63) is 52.1 Å². The highest BCUT2D eigenvalue weighted by Crippen LogP contribution is 2.21. The largest absolute Gasteiger partial charge is 0.294 e. The molecular formula is C13H12ClFN2O. The van der Waals surface area contributed by atoms with Crippen molar-refractivity contribution in [2.24, 2.45) is 7.05 Å². The van der Waals surface area contributed by atoms with Gasteiger partial charge in [0.25, 0.3) is 0 Å². The molecule has 2 rings (SSSR count). The summed E-state index contributed by atoms with van der Waals surface area (Å²) in [5.74, 6) is -0.800. The zero-order chi connectivity index (χ0) is 13.3. The first kappa shape index (κ1) is 12.8. The van der Waals surface area contributed by atoms with Gasteiger partial charge in [-0.3, -0.25) is 9.48 Å². The second-order valence-corrected chi connectivity index (χ2v) is 4.48. The lowest BCUT2D eigenvalue weighted by Gasteiger charge is -2.04. The van der Waals surface area contributed by atoms with E-state index in [0.29, 0.717) is 0 Å². The van der Waals surface area contributed by atoms with E-state index in [1.54, 1.807) is 11.7 Å². The third-order valence-electron chi connectivity index (χ3n) is 2.69. The molecule has 0 saturated heterocycles. The zero-order valence-electron chi connectivity index (χ0n) is 10.1. The Kier molecular flexibility index (Phi) is 3.48. The number of halogens is 2. The Morgan fingerprint density at radius 2 is 2.22 bits per heavy atom. The number of hydrogen-bond donors (Lipinski definition) is 0. The van der Waals surface area contributed by atoms with Gasteiger partial charge in [-0.1, -0.05) is 17.7 Å². The Morgan fingerprint density at radius 3 is 2.83 bits per heavy atom. The Labute approximate surface area is 109 Å². The van der Waals surface area contributed by atoms with Crippen molar-refractivity contribution in [1.82, 2.24) is 9.78 Å². The van der Waals surface area contributed by atoms with Crippen molar-refractivity contribution < 1.29 is 9.18 Å². The van der Waals surface area contributed by atoms with Gasteiger partial charge < -0.3 is 0 Å². The second-order valence-electron chi connectivity index (χ2n) is 4.10. The summed E-state index contributed by atoms with van der Waals surface area (Å²) >= 11 is 5.78. The van der Waals surface area contributed by atoms with E-state index >= 15 is 0 Å². The molecule has 0 radical (unpaired) electrons. The molecule has 1 aromatic heterocycles. The lowest BCUT2D eigenvalue weighted by Crippen LogP contribution is -2.09. The summed E-state index contributed by atoms with van der Waals surface area (Å²) in [6.07, 6.45) is 0.153. The lowest BCUT2D eigenvalue weighted by molar-refractivity contribution is 0.0990. The van der Waals surface area contributed by atoms with Gasteiger partial charge in [-0.15, -0.1) is 0 Å². The number of ketones is 1. The zero-order valence-corrected chi connectivity index (χ0v) is 10.8. The van der Waals surface area contributed by atoms with Gasteiger partial charge in [-0.05, 0) is 25.1 Å². The van der Waals surface area contributed by atoms with E-state index in [2.05, 4.69) is 5.10 Å². The standard InChI is InChI=1S/C13H12ClFN2O/c1-8-6-9(17(2)16-8)7-12(18)10-4-3-5-11(15)13(10)14/h3-6H,7H2,1-2H3. The maximum absolute atomic E-state index is 13.3. The number of carbonyl (C=O) groups is 1. The number of Topliss-reactive ketones (excluding diaryl/α,β-unsaturated/α-hetero) is 1. The smallest absolute Gasteiger partial charge is 0.170 e. The van der Waals surface area contributed by atoms with E-state index in [9.17, 15) is 9.18 Å². The van der Waals surface area contributed by atoms with Crippen molar-refractivity contribution >= 4 is 17.4 Å². The molecule has 0 unspecified atom stereocenters. The quantitative estimate of drug-likeness (QED) is 0.801. The number of aromatic nitrogens is 2. The molecule has 0 bridgehead atoms. The Balaban J connectivity index is 2.27. The Morgan fingerprint density at radius 1 is 1.50 bits per heavy atom. The summed E-state index contributed by atoms with van der Waals surface area (Å²) in [4.78, 5) is 12.1. The van der Waals surface area contributed by atoms with Crippen molar-refractivity contribution in [3.8, 4) is 0 Å². The van der Waals surface area contributed by atoms with Gasteiger partial charge in [0.15, 0.2) is 5.78 Å². The molecule has 3 nitrogen and oxygen atoms in total. The van der Waals surface area contributed by atoms with Crippen LogP contribution in [0.1, 0.15) is 21.7 Å². The predicted molar refractivity (Wildman–Crippen MR) is 67.4 cm³/mol. The molecule has 0 saturated carbocycles. The number of hydrogen-bond acceptors (Lipinski definition) is 2. The lowest BCUT2D eigenvalue weighted by atomic mass is 10.1.